The summed E-state index contributed by atoms with van der Waals surface area (Å²) in [5.41, 5.74) is 7.15. The maximum Gasteiger partial charge on any atom is 0.196 e. The zero-order valence-electron chi connectivity index (χ0n) is 9.81. The first-order valence-corrected chi connectivity index (χ1v) is 5.73. The van der Waals surface area contributed by atoms with Crippen LogP contribution in [0.3, 0.4) is 0 Å². The van der Waals surface area contributed by atoms with E-state index in [1.165, 1.54) is 7.11 Å². The van der Waals surface area contributed by atoms with Crippen molar-refractivity contribution in [2.24, 2.45) is 0 Å². The van der Waals surface area contributed by atoms with Crippen molar-refractivity contribution >= 4 is 23.1 Å². The minimum Gasteiger partial charge on any atom is -0.496 e. The molecule has 0 saturated heterocycles. The monoisotopic (exact) mass is 261 g/mol. The van der Waals surface area contributed by atoms with E-state index in [0.29, 0.717) is 27.6 Å². The number of methoxy groups -OCH3 is 1. The Balaban J connectivity index is 2.48. The van der Waals surface area contributed by atoms with E-state index in [2.05, 4.69) is 0 Å². The molecule has 0 amide bonds. The molecule has 0 fully saturated rings. The van der Waals surface area contributed by atoms with Crippen molar-refractivity contribution in [3.05, 3.63) is 58.6 Å². The SMILES string of the molecule is COc1ccc(N)cc1C(=O)c1cccc(Cl)c1. The average Bonchev–Trinajstić information content (AvgIpc) is 2.38. The summed E-state index contributed by atoms with van der Waals surface area (Å²) >= 11 is 5.87. The van der Waals surface area contributed by atoms with Gasteiger partial charge in [0.25, 0.3) is 0 Å². The second-order valence-corrected chi connectivity index (χ2v) is 4.24. The number of carbonyl (C=O) groups is 1. The van der Waals surface area contributed by atoms with Crippen LogP contribution in [-0.2, 0) is 0 Å². The fourth-order valence-corrected chi connectivity index (χ4v) is 1.88. The Morgan fingerprint density at radius 2 is 2.00 bits per heavy atom. The normalized spacial score (nSPS) is 10.1. The molecule has 0 unspecified atom stereocenters. The standard InChI is InChI=1S/C14H12ClNO2/c1-18-13-6-5-11(16)8-12(13)14(17)9-3-2-4-10(15)7-9/h2-8H,16H2,1H3. The molecule has 0 radical (unpaired) electrons. The van der Waals surface area contributed by atoms with Crippen LogP contribution in [0.15, 0.2) is 42.5 Å². The van der Waals surface area contributed by atoms with Gasteiger partial charge in [0.2, 0.25) is 0 Å². The highest BCUT2D eigenvalue weighted by Gasteiger charge is 2.15. The number of rotatable bonds is 3. The number of ketones is 1. The fourth-order valence-electron chi connectivity index (χ4n) is 1.69. The highest BCUT2D eigenvalue weighted by atomic mass is 35.5. The van der Waals surface area contributed by atoms with Gasteiger partial charge in [0.15, 0.2) is 5.78 Å². The molecule has 3 nitrogen and oxygen atoms in total. The molecule has 0 aliphatic rings. The Hall–Kier alpha value is -2.00. The Bertz CT molecular complexity index is 596. The first-order chi connectivity index (χ1) is 8.61. The van der Waals surface area contributed by atoms with Crippen molar-refractivity contribution in [3.8, 4) is 5.75 Å². The van der Waals surface area contributed by atoms with Gasteiger partial charge in [-0.1, -0.05) is 23.7 Å². The summed E-state index contributed by atoms with van der Waals surface area (Å²) in [7, 11) is 1.51. The molecule has 0 atom stereocenters. The average molecular weight is 262 g/mol. The third kappa shape index (κ3) is 2.46. The number of ether oxygens (including phenoxy) is 1. The summed E-state index contributed by atoms with van der Waals surface area (Å²) in [6.07, 6.45) is 0. The molecule has 0 saturated carbocycles. The van der Waals surface area contributed by atoms with Crippen molar-refractivity contribution in [1.29, 1.82) is 0 Å². The highest BCUT2D eigenvalue weighted by Crippen LogP contribution is 2.24. The fraction of sp³-hybridized carbons (Fsp3) is 0.0714. The van der Waals surface area contributed by atoms with E-state index in [1.807, 2.05) is 0 Å². The molecule has 0 bridgehead atoms. The van der Waals surface area contributed by atoms with Gasteiger partial charge in [0.05, 0.1) is 12.7 Å². The highest BCUT2D eigenvalue weighted by molar-refractivity contribution is 6.31. The third-order valence-electron chi connectivity index (χ3n) is 2.55. The van der Waals surface area contributed by atoms with Crippen molar-refractivity contribution in [2.45, 2.75) is 0 Å². The van der Waals surface area contributed by atoms with Gasteiger partial charge in [-0.15, -0.1) is 0 Å². The number of benzene rings is 2. The van der Waals surface area contributed by atoms with Gasteiger partial charge in [-0.2, -0.15) is 0 Å². The minimum absolute atomic E-state index is 0.165. The van der Waals surface area contributed by atoms with E-state index >= 15 is 0 Å². The summed E-state index contributed by atoms with van der Waals surface area (Å²) in [5, 5.41) is 0.517. The van der Waals surface area contributed by atoms with Crippen molar-refractivity contribution < 1.29 is 9.53 Å². The van der Waals surface area contributed by atoms with Gasteiger partial charge in [-0.3, -0.25) is 4.79 Å². The lowest BCUT2D eigenvalue weighted by molar-refractivity contribution is 0.103. The van der Waals surface area contributed by atoms with Crippen molar-refractivity contribution in [2.75, 3.05) is 12.8 Å². The van der Waals surface area contributed by atoms with Crippen LogP contribution in [0, 0.1) is 0 Å². The second-order valence-electron chi connectivity index (χ2n) is 3.80. The molecule has 2 aromatic carbocycles. The molecule has 2 N–H and O–H groups in total. The first kappa shape index (κ1) is 12.5. The molecule has 0 spiro atoms. The molecule has 4 heteroatoms. The van der Waals surface area contributed by atoms with Crippen LogP contribution in [-0.4, -0.2) is 12.9 Å². The zero-order chi connectivity index (χ0) is 13.1. The van der Waals surface area contributed by atoms with Crippen LogP contribution in [0.1, 0.15) is 15.9 Å². The van der Waals surface area contributed by atoms with Crippen LogP contribution in [0.25, 0.3) is 0 Å². The van der Waals surface area contributed by atoms with Gasteiger partial charge >= 0.3 is 0 Å². The lowest BCUT2D eigenvalue weighted by Crippen LogP contribution is -2.04. The lowest BCUT2D eigenvalue weighted by Gasteiger charge is -2.08. The second kappa shape index (κ2) is 5.10. The zero-order valence-corrected chi connectivity index (χ0v) is 10.6. The van der Waals surface area contributed by atoms with Crippen LogP contribution >= 0.6 is 11.6 Å². The molecule has 92 valence electrons. The van der Waals surface area contributed by atoms with Crippen LogP contribution < -0.4 is 10.5 Å². The molecule has 0 heterocycles. The first-order valence-electron chi connectivity index (χ1n) is 5.35. The third-order valence-corrected chi connectivity index (χ3v) is 2.79. The topological polar surface area (TPSA) is 52.3 Å². The van der Waals surface area contributed by atoms with E-state index in [4.69, 9.17) is 22.1 Å². The van der Waals surface area contributed by atoms with Gasteiger partial charge in [0, 0.05) is 16.3 Å². The van der Waals surface area contributed by atoms with Gasteiger partial charge < -0.3 is 10.5 Å². The summed E-state index contributed by atoms with van der Waals surface area (Å²) in [4.78, 5) is 12.3. The number of nitrogen functional groups attached to an aromatic ring is 1. The number of hydrogen-bond acceptors (Lipinski definition) is 3. The smallest absolute Gasteiger partial charge is 0.196 e. The van der Waals surface area contributed by atoms with Crippen molar-refractivity contribution in [3.63, 3.8) is 0 Å². The molecule has 18 heavy (non-hydrogen) atoms. The summed E-state index contributed by atoms with van der Waals surface area (Å²) in [6, 6.07) is 11.7. The van der Waals surface area contributed by atoms with E-state index in [9.17, 15) is 4.79 Å². The quantitative estimate of drug-likeness (QED) is 0.682. The Morgan fingerprint density at radius 1 is 1.22 bits per heavy atom. The molecule has 0 aromatic heterocycles. The Kier molecular flexibility index (Phi) is 3.53. The lowest BCUT2D eigenvalue weighted by atomic mass is 10.0. The van der Waals surface area contributed by atoms with E-state index in [-0.39, 0.29) is 5.78 Å². The van der Waals surface area contributed by atoms with Crippen LogP contribution in [0.5, 0.6) is 5.75 Å². The van der Waals surface area contributed by atoms with E-state index < -0.39 is 0 Å². The molecule has 0 aliphatic carbocycles. The molecule has 2 aromatic rings. The van der Waals surface area contributed by atoms with Gasteiger partial charge in [-0.25, -0.2) is 0 Å². The number of nitrogens with two attached hydrogens (primary N) is 1. The predicted octanol–water partition coefficient (Wildman–Crippen LogP) is 3.16. The Labute approximate surface area is 110 Å². The van der Waals surface area contributed by atoms with Gasteiger partial charge in [0.1, 0.15) is 5.75 Å². The summed E-state index contributed by atoms with van der Waals surface area (Å²) in [5.74, 6) is 0.329. The maximum absolute atomic E-state index is 12.3. The molecule has 2 rings (SSSR count). The Morgan fingerprint density at radius 3 is 2.67 bits per heavy atom. The van der Waals surface area contributed by atoms with Crippen LogP contribution in [0.4, 0.5) is 5.69 Å². The summed E-state index contributed by atoms with van der Waals surface area (Å²) < 4.78 is 5.16. The number of hydrogen-bond donors (Lipinski definition) is 1. The van der Waals surface area contributed by atoms with E-state index in [0.717, 1.165) is 0 Å². The minimum atomic E-state index is -0.165. The number of halogens is 1. The van der Waals surface area contributed by atoms with E-state index in [1.54, 1.807) is 42.5 Å². The number of carbonyl (C=O) groups excluding carboxylic acids is 1. The van der Waals surface area contributed by atoms with Crippen molar-refractivity contribution in [1.82, 2.24) is 0 Å². The molecular weight excluding hydrogens is 250 g/mol. The maximum atomic E-state index is 12.3. The van der Waals surface area contributed by atoms with Gasteiger partial charge in [-0.05, 0) is 30.3 Å². The number of anilines is 1. The predicted molar refractivity (Wildman–Crippen MR) is 72.3 cm³/mol. The molecular formula is C14H12ClNO2. The summed E-state index contributed by atoms with van der Waals surface area (Å²) in [6.45, 7) is 0. The van der Waals surface area contributed by atoms with Crippen LogP contribution in [0.2, 0.25) is 5.02 Å². The largest absolute Gasteiger partial charge is 0.496 e. The molecule has 0 aliphatic heterocycles.